The molecule has 5 aromatic carbocycles. The maximum atomic E-state index is 13.3. The first-order valence-electron chi connectivity index (χ1n) is 19.2. The largest absolute Gasteiger partial charge is 0.377 e. The first-order chi connectivity index (χ1) is 26.9. The van der Waals surface area contributed by atoms with Crippen LogP contribution in [0.4, 0.5) is 23.5 Å². The van der Waals surface area contributed by atoms with Gasteiger partial charge in [0.05, 0.1) is 4.90 Å². The molecule has 0 aliphatic rings. The van der Waals surface area contributed by atoms with E-state index >= 15 is 0 Å². The van der Waals surface area contributed by atoms with Gasteiger partial charge in [-0.3, -0.25) is 0 Å². The van der Waals surface area contributed by atoms with Crippen molar-refractivity contribution in [1.82, 2.24) is 19.7 Å². The maximum absolute atomic E-state index is 13.3. The lowest BCUT2D eigenvalue weighted by Crippen LogP contribution is -2.25. The zero-order valence-corrected chi connectivity index (χ0v) is 32.6. The molecule has 286 valence electrons. The van der Waals surface area contributed by atoms with Crippen LogP contribution in [0, 0.1) is 0 Å². The van der Waals surface area contributed by atoms with Crippen molar-refractivity contribution in [2.75, 3.05) is 61.1 Å². The molecule has 0 spiro atoms. The van der Waals surface area contributed by atoms with Crippen molar-refractivity contribution in [3.05, 3.63) is 144 Å². The summed E-state index contributed by atoms with van der Waals surface area (Å²) in [6, 6.07) is 42.7. The Balaban J connectivity index is 1.01. The fraction of sp³-hybridized carbons (Fsp3) is 0.295. The summed E-state index contributed by atoms with van der Waals surface area (Å²) in [5.41, 5.74) is 4.78. The zero-order valence-electron chi connectivity index (χ0n) is 31.8. The molecule has 0 unspecified atom stereocenters. The molecule has 6 aromatic rings. The second-order valence-electron chi connectivity index (χ2n) is 13.8. The predicted octanol–water partition coefficient (Wildman–Crippen LogP) is 8.33. The van der Waals surface area contributed by atoms with E-state index in [1.54, 1.807) is 12.1 Å². The Morgan fingerprint density at radius 2 is 1.07 bits per heavy atom. The predicted molar refractivity (Wildman–Crippen MR) is 227 cm³/mol. The highest BCUT2D eigenvalue weighted by Crippen LogP contribution is 2.30. The number of fused-ring (bicyclic) bond motifs is 1. The van der Waals surface area contributed by atoms with E-state index in [1.165, 1.54) is 16.7 Å². The minimum atomic E-state index is -3.65. The van der Waals surface area contributed by atoms with Gasteiger partial charge in [-0.05, 0) is 54.5 Å². The first-order valence-corrected chi connectivity index (χ1v) is 20.7. The van der Waals surface area contributed by atoms with Gasteiger partial charge in [-0.2, -0.15) is 15.0 Å². The van der Waals surface area contributed by atoms with Crippen molar-refractivity contribution < 1.29 is 8.42 Å². The zero-order chi connectivity index (χ0) is 38.3. The van der Waals surface area contributed by atoms with Crippen LogP contribution in [0.5, 0.6) is 0 Å². The second-order valence-corrected chi connectivity index (χ2v) is 15.6. The third-order valence-electron chi connectivity index (χ3n) is 9.60. The summed E-state index contributed by atoms with van der Waals surface area (Å²) in [5, 5.41) is 11.9. The van der Waals surface area contributed by atoms with Crippen molar-refractivity contribution in [1.29, 1.82) is 0 Å². The Labute approximate surface area is 325 Å². The highest BCUT2D eigenvalue weighted by molar-refractivity contribution is 7.89. The van der Waals surface area contributed by atoms with Crippen LogP contribution >= 0.6 is 0 Å². The van der Waals surface area contributed by atoms with Crippen LogP contribution < -0.4 is 25.6 Å². The van der Waals surface area contributed by atoms with E-state index in [4.69, 9.17) is 9.97 Å². The summed E-state index contributed by atoms with van der Waals surface area (Å²) in [5.74, 6) is 1.80. The second kappa shape index (κ2) is 19.7. The Kier molecular flexibility index (Phi) is 14.0. The molecular weight excluding hydrogens is 705 g/mol. The van der Waals surface area contributed by atoms with Crippen LogP contribution in [0.25, 0.3) is 10.8 Å². The van der Waals surface area contributed by atoms with Gasteiger partial charge in [0.2, 0.25) is 27.9 Å². The average Bonchev–Trinajstić information content (AvgIpc) is 3.21. The van der Waals surface area contributed by atoms with Gasteiger partial charge in [-0.1, -0.05) is 128 Å². The van der Waals surface area contributed by atoms with E-state index in [2.05, 4.69) is 98.5 Å². The molecule has 0 saturated heterocycles. The summed E-state index contributed by atoms with van der Waals surface area (Å²) in [6.07, 6.45) is 5.19. The van der Waals surface area contributed by atoms with E-state index in [9.17, 15) is 8.42 Å². The quantitative estimate of drug-likeness (QED) is 0.0537. The van der Waals surface area contributed by atoms with Crippen molar-refractivity contribution in [2.45, 2.75) is 49.3 Å². The molecule has 0 aliphatic heterocycles. The van der Waals surface area contributed by atoms with Crippen LogP contribution in [-0.4, -0.2) is 63.6 Å². The first kappa shape index (κ1) is 39.2. The third-order valence-corrected chi connectivity index (χ3v) is 11.1. The highest BCUT2D eigenvalue weighted by atomic mass is 32.2. The van der Waals surface area contributed by atoms with Crippen molar-refractivity contribution in [3.8, 4) is 0 Å². The Morgan fingerprint density at radius 1 is 0.545 bits per heavy atom. The maximum Gasteiger partial charge on any atom is 0.241 e. The lowest BCUT2D eigenvalue weighted by Gasteiger charge is -2.19. The smallest absolute Gasteiger partial charge is 0.241 e. The van der Waals surface area contributed by atoms with Crippen LogP contribution in [-0.2, 0) is 16.4 Å². The lowest BCUT2D eigenvalue weighted by molar-refractivity contribution is 0.573. The molecule has 55 heavy (non-hydrogen) atoms. The molecule has 10 nitrogen and oxygen atoms in total. The monoisotopic (exact) mass is 756 g/mol. The highest BCUT2D eigenvalue weighted by Gasteiger charge is 2.18. The number of aromatic nitrogens is 3. The molecule has 0 saturated carbocycles. The van der Waals surface area contributed by atoms with E-state index < -0.39 is 10.0 Å². The number of hydrogen-bond donors (Lipinski definition) is 4. The molecule has 0 aliphatic carbocycles. The van der Waals surface area contributed by atoms with Gasteiger partial charge in [0.1, 0.15) is 0 Å². The fourth-order valence-electron chi connectivity index (χ4n) is 6.78. The number of benzene rings is 5. The molecule has 0 fully saturated rings. The number of hydrogen-bond acceptors (Lipinski definition) is 9. The molecule has 0 bridgehead atoms. The molecule has 1 aromatic heterocycles. The van der Waals surface area contributed by atoms with Crippen LogP contribution in [0.3, 0.4) is 0 Å². The van der Waals surface area contributed by atoms with Gasteiger partial charge < -0.3 is 20.9 Å². The van der Waals surface area contributed by atoms with Gasteiger partial charge >= 0.3 is 0 Å². The van der Waals surface area contributed by atoms with Crippen LogP contribution in [0.15, 0.2) is 132 Å². The molecule has 0 atom stereocenters. The summed E-state index contributed by atoms with van der Waals surface area (Å²) >= 11 is 0. The van der Waals surface area contributed by atoms with Crippen molar-refractivity contribution in [3.63, 3.8) is 0 Å². The number of unbranched alkanes of at least 4 members (excludes halogenated alkanes) is 3. The summed E-state index contributed by atoms with van der Waals surface area (Å²) < 4.78 is 29.4. The summed E-state index contributed by atoms with van der Waals surface area (Å²) in [7, 11) is 0.270. The average molecular weight is 757 g/mol. The minimum Gasteiger partial charge on any atom is -0.377 e. The molecule has 0 radical (unpaired) electrons. The van der Waals surface area contributed by atoms with Gasteiger partial charge in [-0.15, -0.1) is 0 Å². The third kappa shape index (κ3) is 11.3. The van der Waals surface area contributed by atoms with Crippen LogP contribution in [0.2, 0.25) is 0 Å². The van der Waals surface area contributed by atoms with E-state index in [0.717, 1.165) is 55.0 Å². The SMILES string of the molecule is CN(C)c1cccc2c(S(=O)(=O)NCCCCCCNc3nc(NCCc4ccccc4)nc(NCCC(c4ccccc4)c4ccccc4)n3)cccc12. The molecule has 11 heteroatoms. The summed E-state index contributed by atoms with van der Waals surface area (Å²) in [6.45, 7) is 2.45. The normalized spacial score (nSPS) is 11.5. The minimum absolute atomic E-state index is 0.239. The molecule has 4 N–H and O–H groups in total. The summed E-state index contributed by atoms with van der Waals surface area (Å²) in [4.78, 5) is 16.4. The number of rotatable bonds is 21. The Bertz CT molecular complexity index is 2150. The van der Waals surface area contributed by atoms with Gasteiger partial charge in [0.15, 0.2) is 0 Å². The number of nitrogens with zero attached hydrogens (tertiary/aromatic N) is 4. The van der Waals surface area contributed by atoms with E-state index in [1.807, 2.05) is 61.5 Å². The topological polar surface area (TPSA) is 124 Å². The molecule has 1 heterocycles. The number of sulfonamides is 1. The van der Waals surface area contributed by atoms with Gasteiger partial charge in [0.25, 0.3) is 0 Å². The van der Waals surface area contributed by atoms with Crippen molar-refractivity contribution >= 4 is 44.3 Å². The number of nitrogens with one attached hydrogen (secondary N) is 4. The van der Waals surface area contributed by atoms with E-state index in [-0.39, 0.29) is 5.92 Å². The van der Waals surface area contributed by atoms with Gasteiger partial charge in [0, 0.05) is 62.7 Å². The van der Waals surface area contributed by atoms with E-state index in [0.29, 0.717) is 48.9 Å². The van der Waals surface area contributed by atoms with Crippen molar-refractivity contribution in [2.24, 2.45) is 0 Å². The lowest BCUT2D eigenvalue weighted by atomic mass is 9.88. The Morgan fingerprint density at radius 3 is 1.69 bits per heavy atom. The molecule has 6 rings (SSSR count). The molecule has 0 amide bonds. The fourth-order valence-corrected chi connectivity index (χ4v) is 8.07. The van der Waals surface area contributed by atoms with Gasteiger partial charge in [-0.25, -0.2) is 13.1 Å². The standard InChI is InChI=1S/C44H52N8O2S/c1-52(2)40-26-16-25-39-38(40)24-17-27-41(39)55(53,54)48-31-15-4-3-14-30-45-42-49-43(46-32-28-34-18-8-5-9-19-34)51-44(50-42)47-33-29-37(35-20-10-6-11-21-35)36-22-12-7-13-23-36/h5-13,16-27,37,48H,3-4,14-15,28-33H2,1-2H3,(H3,45,46,47,49,50,51). The number of anilines is 4. The van der Waals surface area contributed by atoms with Crippen LogP contribution in [0.1, 0.15) is 54.7 Å². The Hall–Kier alpha value is -5.52. The molecular formula is C44H52N8O2S.